The molecule has 0 spiro atoms. The van der Waals surface area contributed by atoms with Gasteiger partial charge in [0.05, 0.1) is 13.8 Å². The minimum absolute atomic E-state index is 1.02. The highest BCUT2D eigenvalue weighted by atomic mass is 28.3. The van der Waals surface area contributed by atoms with Gasteiger partial charge in [-0.05, 0) is 53.8 Å². The minimum atomic E-state index is -1.28. The fourth-order valence-corrected chi connectivity index (χ4v) is 5.08. The molecule has 0 bridgehead atoms. The molecule has 0 aliphatic carbocycles. The Morgan fingerprint density at radius 1 is 0.600 bits per heavy atom. The molecular weight excluding hydrogens is 378 g/mol. The molecule has 1 nitrogen and oxygen atoms in total. The number of hydrogen-bond donors (Lipinski definition) is 0. The van der Waals surface area contributed by atoms with Crippen LogP contribution in [0.1, 0.15) is 11.1 Å². The molecule has 0 amide bonds. The lowest BCUT2D eigenvalue weighted by molar-refractivity contribution is 1.29. The zero-order valence-electron chi connectivity index (χ0n) is 18.5. The standard InChI is InChI=1S/C28H29NSi/c1-20-9-6-7-12-26(20)23-10-8-11-24(18-23)28-17-21(2)27(19-29-28)22-13-15-25(16-14-22)30(3,4)5/h6-19H,1-5H3. The normalized spacial score (nSPS) is 11.5. The molecule has 4 aromatic rings. The van der Waals surface area contributed by atoms with Crippen LogP contribution >= 0.6 is 0 Å². The van der Waals surface area contributed by atoms with Gasteiger partial charge in [-0.2, -0.15) is 0 Å². The number of benzene rings is 3. The van der Waals surface area contributed by atoms with Crippen molar-refractivity contribution in [1.82, 2.24) is 4.98 Å². The SMILES string of the molecule is Cc1ccccc1-c1cccc(-c2cc(C)c(-c3ccc([Si](C)(C)C)cc3)cn2)c1. The summed E-state index contributed by atoms with van der Waals surface area (Å²) in [6, 6.07) is 28.5. The maximum Gasteiger partial charge on any atom is 0.0775 e. The van der Waals surface area contributed by atoms with E-state index < -0.39 is 8.07 Å². The van der Waals surface area contributed by atoms with Crippen molar-refractivity contribution in [3.8, 4) is 33.5 Å². The summed E-state index contributed by atoms with van der Waals surface area (Å²) in [6.45, 7) is 11.5. The van der Waals surface area contributed by atoms with Crippen molar-refractivity contribution >= 4 is 13.3 Å². The van der Waals surface area contributed by atoms with Gasteiger partial charge < -0.3 is 0 Å². The number of hydrogen-bond acceptors (Lipinski definition) is 1. The van der Waals surface area contributed by atoms with E-state index in [1.807, 2.05) is 6.20 Å². The Hall–Kier alpha value is -2.97. The zero-order chi connectivity index (χ0) is 21.3. The fraction of sp³-hybridized carbons (Fsp3) is 0.179. The average molecular weight is 408 g/mol. The number of nitrogens with zero attached hydrogens (tertiary/aromatic N) is 1. The molecule has 0 aliphatic heterocycles. The molecule has 2 heteroatoms. The Morgan fingerprint density at radius 2 is 1.30 bits per heavy atom. The second-order valence-corrected chi connectivity index (χ2v) is 14.2. The molecule has 0 N–H and O–H groups in total. The van der Waals surface area contributed by atoms with Gasteiger partial charge in [0.2, 0.25) is 0 Å². The quantitative estimate of drug-likeness (QED) is 0.325. The summed E-state index contributed by atoms with van der Waals surface area (Å²) < 4.78 is 0. The van der Waals surface area contributed by atoms with E-state index in [4.69, 9.17) is 4.98 Å². The lowest BCUT2D eigenvalue weighted by Gasteiger charge is -2.17. The first-order chi connectivity index (χ1) is 14.3. The molecule has 0 radical (unpaired) electrons. The first-order valence-electron chi connectivity index (χ1n) is 10.6. The van der Waals surface area contributed by atoms with Gasteiger partial charge in [-0.15, -0.1) is 0 Å². The molecule has 1 heterocycles. The number of aryl methyl sites for hydroxylation is 2. The van der Waals surface area contributed by atoms with Gasteiger partial charge in [0, 0.05) is 17.3 Å². The maximum atomic E-state index is 4.82. The Labute approximate surface area is 181 Å². The second kappa shape index (κ2) is 8.04. The monoisotopic (exact) mass is 407 g/mol. The summed E-state index contributed by atoms with van der Waals surface area (Å²) in [5.41, 5.74) is 9.66. The summed E-state index contributed by atoms with van der Waals surface area (Å²) in [6.07, 6.45) is 2.02. The summed E-state index contributed by atoms with van der Waals surface area (Å²) in [5, 5.41) is 1.49. The highest BCUT2D eigenvalue weighted by Crippen LogP contribution is 2.30. The molecule has 0 saturated heterocycles. The lowest BCUT2D eigenvalue weighted by Crippen LogP contribution is -2.37. The highest BCUT2D eigenvalue weighted by molar-refractivity contribution is 6.88. The van der Waals surface area contributed by atoms with Crippen LogP contribution in [-0.4, -0.2) is 13.1 Å². The van der Waals surface area contributed by atoms with Gasteiger partial charge >= 0.3 is 0 Å². The van der Waals surface area contributed by atoms with Crippen molar-refractivity contribution in [2.24, 2.45) is 0 Å². The highest BCUT2D eigenvalue weighted by Gasteiger charge is 2.16. The molecule has 150 valence electrons. The summed E-state index contributed by atoms with van der Waals surface area (Å²) in [7, 11) is -1.28. The third-order valence-electron chi connectivity index (χ3n) is 5.79. The van der Waals surface area contributed by atoms with E-state index in [2.05, 4.69) is 112 Å². The molecule has 4 rings (SSSR count). The first kappa shape index (κ1) is 20.3. The van der Waals surface area contributed by atoms with Crippen LogP contribution < -0.4 is 5.19 Å². The largest absolute Gasteiger partial charge is 0.256 e. The maximum absolute atomic E-state index is 4.82. The van der Waals surface area contributed by atoms with Gasteiger partial charge in [0.25, 0.3) is 0 Å². The van der Waals surface area contributed by atoms with E-state index in [0.29, 0.717) is 0 Å². The van der Waals surface area contributed by atoms with Crippen molar-refractivity contribution in [2.45, 2.75) is 33.5 Å². The van der Waals surface area contributed by atoms with E-state index in [0.717, 1.165) is 11.3 Å². The third-order valence-corrected chi connectivity index (χ3v) is 7.85. The Bertz CT molecular complexity index is 1180. The van der Waals surface area contributed by atoms with E-state index >= 15 is 0 Å². The number of pyridine rings is 1. The molecule has 0 fully saturated rings. The number of rotatable bonds is 4. The third kappa shape index (κ3) is 4.15. The molecule has 30 heavy (non-hydrogen) atoms. The molecule has 0 aliphatic rings. The van der Waals surface area contributed by atoms with Crippen LogP contribution in [0, 0.1) is 13.8 Å². The van der Waals surface area contributed by atoms with Crippen LogP contribution in [-0.2, 0) is 0 Å². The van der Waals surface area contributed by atoms with Crippen LogP contribution in [0.15, 0.2) is 85.1 Å². The van der Waals surface area contributed by atoms with Gasteiger partial charge in [-0.25, -0.2) is 0 Å². The van der Waals surface area contributed by atoms with Crippen LogP contribution in [0.5, 0.6) is 0 Å². The molecule has 0 unspecified atom stereocenters. The first-order valence-corrected chi connectivity index (χ1v) is 14.1. The van der Waals surface area contributed by atoms with Gasteiger partial charge in [0.1, 0.15) is 0 Å². The molecular formula is C28H29NSi. The van der Waals surface area contributed by atoms with Crippen molar-refractivity contribution in [1.29, 1.82) is 0 Å². The second-order valence-electron chi connectivity index (χ2n) is 9.11. The van der Waals surface area contributed by atoms with Gasteiger partial charge in [0.15, 0.2) is 0 Å². The van der Waals surface area contributed by atoms with Crippen molar-refractivity contribution in [3.05, 3.63) is 96.2 Å². The zero-order valence-corrected chi connectivity index (χ0v) is 19.5. The van der Waals surface area contributed by atoms with E-state index in [1.165, 1.54) is 38.6 Å². The van der Waals surface area contributed by atoms with Gasteiger partial charge in [-0.1, -0.05) is 91.6 Å². The van der Waals surface area contributed by atoms with Gasteiger partial charge in [-0.3, -0.25) is 4.98 Å². The molecule has 0 saturated carbocycles. The average Bonchev–Trinajstić information content (AvgIpc) is 2.73. The smallest absolute Gasteiger partial charge is 0.0775 e. The molecule has 0 atom stereocenters. The fourth-order valence-electron chi connectivity index (χ4n) is 3.91. The predicted molar refractivity (Wildman–Crippen MR) is 133 cm³/mol. The van der Waals surface area contributed by atoms with E-state index in [9.17, 15) is 0 Å². The van der Waals surface area contributed by atoms with Crippen molar-refractivity contribution in [3.63, 3.8) is 0 Å². The molecule has 1 aromatic heterocycles. The van der Waals surface area contributed by atoms with Crippen LogP contribution in [0.25, 0.3) is 33.5 Å². The Balaban J connectivity index is 1.67. The summed E-state index contributed by atoms with van der Waals surface area (Å²) >= 11 is 0. The molecule has 3 aromatic carbocycles. The topological polar surface area (TPSA) is 12.9 Å². The lowest BCUT2D eigenvalue weighted by atomic mass is 9.96. The minimum Gasteiger partial charge on any atom is -0.256 e. The van der Waals surface area contributed by atoms with Crippen molar-refractivity contribution in [2.75, 3.05) is 0 Å². The van der Waals surface area contributed by atoms with E-state index in [1.54, 1.807) is 0 Å². The summed E-state index contributed by atoms with van der Waals surface area (Å²) in [5.74, 6) is 0. The Kier molecular flexibility index (Phi) is 5.44. The van der Waals surface area contributed by atoms with Crippen LogP contribution in [0.2, 0.25) is 19.6 Å². The number of aromatic nitrogens is 1. The van der Waals surface area contributed by atoms with Crippen molar-refractivity contribution < 1.29 is 0 Å². The van der Waals surface area contributed by atoms with E-state index in [-0.39, 0.29) is 0 Å². The Morgan fingerprint density at radius 3 is 1.97 bits per heavy atom. The van der Waals surface area contributed by atoms with Crippen LogP contribution in [0.4, 0.5) is 0 Å². The van der Waals surface area contributed by atoms with Crippen LogP contribution in [0.3, 0.4) is 0 Å². The predicted octanol–water partition coefficient (Wildman–Crippen LogP) is 7.24. The summed E-state index contributed by atoms with van der Waals surface area (Å²) in [4.78, 5) is 4.82.